The first-order valence-corrected chi connectivity index (χ1v) is 9.91. The summed E-state index contributed by atoms with van der Waals surface area (Å²) >= 11 is 6.74. The van der Waals surface area contributed by atoms with Crippen LogP contribution in [0.5, 0.6) is 11.5 Å². The maximum atomic E-state index is 12.9. The molecule has 1 aliphatic heterocycles. The summed E-state index contributed by atoms with van der Waals surface area (Å²) in [7, 11) is 1.61. The molecule has 0 spiro atoms. The van der Waals surface area contributed by atoms with Crippen LogP contribution in [0, 0.1) is 6.92 Å². The Labute approximate surface area is 169 Å². The number of thiocarbonyl (C=S) groups is 1. The van der Waals surface area contributed by atoms with Crippen LogP contribution in [-0.4, -0.2) is 23.9 Å². The highest BCUT2D eigenvalue weighted by Gasteiger charge is 2.33. The van der Waals surface area contributed by atoms with Gasteiger partial charge in [0, 0.05) is 0 Å². The van der Waals surface area contributed by atoms with E-state index in [4.69, 9.17) is 21.7 Å². The minimum Gasteiger partial charge on any atom is -0.493 e. The first-order chi connectivity index (χ1) is 13.0. The Morgan fingerprint density at radius 3 is 2.70 bits per heavy atom. The molecule has 140 valence electrons. The molecule has 1 fully saturated rings. The predicted octanol–water partition coefficient (Wildman–Crippen LogP) is 5.20. The number of hydrogen-bond acceptors (Lipinski definition) is 5. The molecule has 6 heteroatoms. The van der Waals surface area contributed by atoms with Gasteiger partial charge < -0.3 is 9.47 Å². The molecule has 4 nitrogen and oxygen atoms in total. The summed E-state index contributed by atoms with van der Waals surface area (Å²) < 4.78 is 11.6. The lowest BCUT2D eigenvalue weighted by molar-refractivity contribution is -0.113. The standard InChI is InChI=1S/C21H21NO3S2/c1-4-10-25-17-9-8-15(12-18(17)24-3)13-19-20(23)22(21(26)27-19)16-7-5-6-14(2)11-16/h5-9,11-13H,4,10H2,1-3H3/b19-13-. The molecular weight excluding hydrogens is 378 g/mol. The van der Waals surface area contributed by atoms with Crippen LogP contribution in [0.4, 0.5) is 5.69 Å². The van der Waals surface area contributed by atoms with E-state index in [9.17, 15) is 4.79 Å². The lowest BCUT2D eigenvalue weighted by atomic mass is 10.1. The van der Waals surface area contributed by atoms with Crippen molar-refractivity contribution in [2.45, 2.75) is 20.3 Å². The second kappa shape index (κ2) is 8.59. The van der Waals surface area contributed by atoms with E-state index < -0.39 is 0 Å². The van der Waals surface area contributed by atoms with Crippen molar-refractivity contribution < 1.29 is 14.3 Å². The van der Waals surface area contributed by atoms with Gasteiger partial charge >= 0.3 is 0 Å². The largest absolute Gasteiger partial charge is 0.493 e. The Balaban J connectivity index is 1.87. The van der Waals surface area contributed by atoms with Crippen molar-refractivity contribution in [3.63, 3.8) is 0 Å². The molecular formula is C21H21NO3S2. The zero-order valence-corrected chi connectivity index (χ0v) is 17.2. The van der Waals surface area contributed by atoms with E-state index in [1.165, 1.54) is 11.8 Å². The van der Waals surface area contributed by atoms with Gasteiger partial charge in [-0.05, 0) is 54.8 Å². The maximum absolute atomic E-state index is 12.9. The molecule has 0 saturated carbocycles. The van der Waals surface area contributed by atoms with Crippen LogP contribution in [0.1, 0.15) is 24.5 Å². The fourth-order valence-corrected chi connectivity index (χ4v) is 4.01. The molecule has 2 aromatic carbocycles. The number of aryl methyl sites for hydroxylation is 1. The monoisotopic (exact) mass is 399 g/mol. The van der Waals surface area contributed by atoms with Gasteiger partial charge in [-0.2, -0.15) is 0 Å². The van der Waals surface area contributed by atoms with Crippen LogP contribution in [0.2, 0.25) is 0 Å². The summed E-state index contributed by atoms with van der Waals surface area (Å²) in [4.78, 5) is 15.1. The molecule has 0 aromatic heterocycles. The average molecular weight is 400 g/mol. The third-order valence-corrected chi connectivity index (χ3v) is 5.30. The van der Waals surface area contributed by atoms with Crippen LogP contribution in [0.15, 0.2) is 47.4 Å². The van der Waals surface area contributed by atoms with Crippen molar-refractivity contribution in [2.75, 3.05) is 18.6 Å². The summed E-state index contributed by atoms with van der Waals surface area (Å²) in [5, 5.41) is 0. The molecule has 0 aliphatic carbocycles. The number of methoxy groups -OCH3 is 1. The molecule has 1 saturated heterocycles. The number of ether oxygens (including phenoxy) is 2. The second-order valence-electron chi connectivity index (χ2n) is 6.11. The number of rotatable bonds is 6. The lowest BCUT2D eigenvalue weighted by Crippen LogP contribution is -2.27. The van der Waals surface area contributed by atoms with Crippen molar-refractivity contribution in [1.29, 1.82) is 0 Å². The smallest absolute Gasteiger partial charge is 0.270 e. The van der Waals surface area contributed by atoms with Crippen LogP contribution < -0.4 is 14.4 Å². The highest BCUT2D eigenvalue weighted by Crippen LogP contribution is 2.37. The maximum Gasteiger partial charge on any atom is 0.270 e. The van der Waals surface area contributed by atoms with Gasteiger partial charge in [-0.1, -0.05) is 49.1 Å². The van der Waals surface area contributed by atoms with Gasteiger partial charge in [0.05, 0.1) is 24.3 Å². The van der Waals surface area contributed by atoms with Crippen LogP contribution in [0.25, 0.3) is 6.08 Å². The Morgan fingerprint density at radius 2 is 2.00 bits per heavy atom. The van der Waals surface area contributed by atoms with E-state index in [1.54, 1.807) is 12.0 Å². The van der Waals surface area contributed by atoms with Crippen molar-refractivity contribution in [3.05, 3.63) is 58.5 Å². The molecule has 0 unspecified atom stereocenters. The van der Waals surface area contributed by atoms with E-state index in [1.807, 2.05) is 55.5 Å². The predicted molar refractivity (Wildman–Crippen MR) is 116 cm³/mol. The molecule has 27 heavy (non-hydrogen) atoms. The lowest BCUT2D eigenvalue weighted by Gasteiger charge is -2.14. The summed E-state index contributed by atoms with van der Waals surface area (Å²) in [5.41, 5.74) is 2.74. The molecule has 3 rings (SSSR count). The fraction of sp³-hybridized carbons (Fsp3) is 0.238. The number of carbonyl (C=O) groups excluding carboxylic acids is 1. The van der Waals surface area contributed by atoms with Gasteiger partial charge in [0.2, 0.25) is 0 Å². The van der Waals surface area contributed by atoms with Crippen LogP contribution >= 0.6 is 24.0 Å². The fourth-order valence-electron chi connectivity index (χ4n) is 2.71. The number of nitrogens with zero attached hydrogens (tertiary/aromatic N) is 1. The Bertz CT molecular complexity index is 908. The molecule has 0 bridgehead atoms. The summed E-state index contributed by atoms with van der Waals surface area (Å²) in [6.07, 6.45) is 2.76. The number of thioether (sulfide) groups is 1. The molecule has 0 N–H and O–H groups in total. The van der Waals surface area contributed by atoms with E-state index in [0.717, 1.165) is 23.2 Å². The third kappa shape index (κ3) is 4.34. The molecule has 0 radical (unpaired) electrons. The van der Waals surface area contributed by atoms with E-state index >= 15 is 0 Å². The molecule has 1 aliphatic rings. The second-order valence-corrected chi connectivity index (χ2v) is 7.79. The first-order valence-electron chi connectivity index (χ1n) is 8.69. The van der Waals surface area contributed by atoms with E-state index in [2.05, 4.69) is 6.92 Å². The van der Waals surface area contributed by atoms with Crippen molar-refractivity contribution in [1.82, 2.24) is 0 Å². The minimum atomic E-state index is -0.110. The Hall–Kier alpha value is -2.31. The topological polar surface area (TPSA) is 38.8 Å². The normalized spacial score (nSPS) is 15.5. The highest BCUT2D eigenvalue weighted by molar-refractivity contribution is 8.27. The zero-order chi connectivity index (χ0) is 19.4. The van der Waals surface area contributed by atoms with E-state index in [0.29, 0.717) is 27.3 Å². The first kappa shape index (κ1) is 19.5. The average Bonchev–Trinajstić information content (AvgIpc) is 2.93. The molecule has 1 amide bonds. The summed E-state index contributed by atoms with van der Waals surface area (Å²) in [6.45, 7) is 4.67. The zero-order valence-electron chi connectivity index (χ0n) is 15.5. The molecule has 0 atom stereocenters. The third-order valence-electron chi connectivity index (χ3n) is 4.00. The van der Waals surface area contributed by atoms with E-state index in [-0.39, 0.29) is 5.91 Å². The summed E-state index contributed by atoms with van der Waals surface area (Å²) in [6, 6.07) is 13.4. The SMILES string of the molecule is CCCOc1ccc(/C=C2\SC(=S)N(c3cccc(C)c3)C2=O)cc1OC. The van der Waals surface area contributed by atoms with Gasteiger partial charge in [0.1, 0.15) is 0 Å². The number of anilines is 1. The van der Waals surface area contributed by atoms with Gasteiger partial charge in [0.25, 0.3) is 5.91 Å². The quantitative estimate of drug-likeness (QED) is 0.493. The number of amides is 1. The van der Waals surface area contributed by atoms with Crippen molar-refractivity contribution in [3.8, 4) is 11.5 Å². The molecule has 1 heterocycles. The van der Waals surface area contributed by atoms with Crippen molar-refractivity contribution in [2.24, 2.45) is 0 Å². The minimum absolute atomic E-state index is 0.110. The van der Waals surface area contributed by atoms with Gasteiger partial charge in [0.15, 0.2) is 15.8 Å². The van der Waals surface area contributed by atoms with Crippen LogP contribution in [-0.2, 0) is 4.79 Å². The number of hydrogen-bond donors (Lipinski definition) is 0. The van der Waals surface area contributed by atoms with Gasteiger partial charge in [-0.25, -0.2) is 0 Å². The van der Waals surface area contributed by atoms with Crippen LogP contribution in [0.3, 0.4) is 0 Å². The Morgan fingerprint density at radius 1 is 1.19 bits per heavy atom. The number of benzene rings is 2. The highest BCUT2D eigenvalue weighted by atomic mass is 32.2. The Kier molecular flexibility index (Phi) is 6.19. The van der Waals surface area contributed by atoms with Crippen molar-refractivity contribution >= 4 is 46.0 Å². The summed E-state index contributed by atoms with van der Waals surface area (Å²) in [5.74, 6) is 1.23. The number of carbonyl (C=O) groups is 1. The molecule has 2 aromatic rings. The van der Waals surface area contributed by atoms with Gasteiger partial charge in [-0.15, -0.1) is 0 Å². The van der Waals surface area contributed by atoms with Gasteiger partial charge in [-0.3, -0.25) is 9.69 Å².